The van der Waals surface area contributed by atoms with E-state index in [2.05, 4.69) is 6.07 Å². The summed E-state index contributed by atoms with van der Waals surface area (Å²) in [5.41, 5.74) is 1.69. The Morgan fingerprint density at radius 2 is 0.903 bits per heavy atom. The van der Waals surface area contributed by atoms with Gasteiger partial charge in [-0.25, -0.2) is 0 Å². The van der Waals surface area contributed by atoms with E-state index in [-0.39, 0.29) is 40.0 Å². The second-order valence-corrected chi connectivity index (χ2v) is 18.9. The molecule has 62 heavy (non-hydrogen) atoms. The molecule has 0 radical (unpaired) electrons. The first kappa shape index (κ1) is 49.9. The Morgan fingerprint density at radius 1 is 0.532 bits per heavy atom. The smallest absolute Gasteiger partial charge is 0.179 e. The van der Waals surface area contributed by atoms with Gasteiger partial charge in [-0.05, 0) is 144 Å². The van der Waals surface area contributed by atoms with Crippen LogP contribution in [0.5, 0.6) is 0 Å². The summed E-state index contributed by atoms with van der Waals surface area (Å²) >= 11 is 24.9. The summed E-state index contributed by atoms with van der Waals surface area (Å²) < 4.78 is 0. The molecule has 0 aliphatic heterocycles. The van der Waals surface area contributed by atoms with Crippen molar-refractivity contribution in [3.8, 4) is 28.3 Å². The molecule has 0 unspecified atom stereocenters. The van der Waals surface area contributed by atoms with Gasteiger partial charge >= 0.3 is 0 Å². The van der Waals surface area contributed by atoms with Crippen LogP contribution in [0.3, 0.4) is 0 Å². The van der Waals surface area contributed by atoms with Gasteiger partial charge in [-0.1, -0.05) is 104 Å². The number of benzene rings is 4. The molecular weight excluding hydrogens is 864 g/mol. The van der Waals surface area contributed by atoms with Crippen molar-refractivity contribution in [2.24, 2.45) is 21.7 Å². The molecule has 11 heteroatoms. The molecule has 0 heterocycles. The highest BCUT2D eigenvalue weighted by Gasteiger charge is 2.54. The van der Waals surface area contributed by atoms with Crippen LogP contribution >= 0.6 is 46.4 Å². The maximum absolute atomic E-state index is 13.3. The van der Waals surface area contributed by atoms with Crippen LogP contribution in [0.15, 0.2) is 78.2 Å². The first-order chi connectivity index (χ1) is 28.8. The van der Waals surface area contributed by atoms with Gasteiger partial charge in [0.25, 0.3) is 0 Å². The number of rotatable bonds is 6. The van der Waals surface area contributed by atoms with Crippen LogP contribution in [0.2, 0.25) is 20.1 Å². The van der Waals surface area contributed by atoms with Crippen LogP contribution in [0.25, 0.3) is 33.4 Å². The van der Waals surface area contributed by atoms with Gasteiger partial charge in [0.1, 0.15) is 17.6 Å². The largest absolute Gasteiger partial charge is 0.510 e. The SMILES string of the molecule is CC.CCc1ccc(-c2c(Cl)cc(Cl)cc2Cl)cc1C1=C(O)C(C)(C)C(=O)C(C)(C)C1=O.CCc1ccc(-c2ccc(Cl)c(C#N)c2)cc1C1=C(O)C(C)(C)C(=O)C(C)(C)C1=O. The fourth-order valence-corrected chi connectivity index (χ4v) is 9.32. The molecule has 0 fully saturated rings. The molecule has 0 saturated heterocycles. The Labute approximate surface area is 385 Å². The van der Waals surface area contributed by atoms with Gasteiger partial charge < -0.3 is 10.2 Å². The van der Waals surface area contributed by atoms with Crippen molar-refractivity contribution < 1.29 is 29.4 Å². The summed E-state index contributed by atoms with van der Waals surface area (Å²) in [6.07, 6.45) is 1.29. The number of hydrogen-bond donors (Lipinski definition) is 2. The van der Waals surface area contributed by atoms with Crippen LogP contribution in [-0.2, 0) is 32.0 Å². The number of aliphatic hydroxyl groups excluding tert-OH is 2. The topological polar surface area (TPSA) is 133 Å². The standard InChI is InChI=1S/C25H24ClNO3.C24H23Cl3O3.C2H6/c1-6-14-7-8-16(15-9-10-19(26)17(11-15)13-27)12-18(14)20-21(28)24(2,3)23(30)25(4,5)22(20)29;1-6-12-7-8-13(18-16(26)10-14(25)11-17(18)27)9-15(12)19-20(28)23(2,3)22(30)24(4,5)21(19)29;1-2/h7-12,28H,6H2,1-5H3;7-11,28H,6H2,1-5H3;1-2H3. The van der Waals surface area contributed by atoms with Crippen LogP contribution in [0, 0.1) is 33.0 Å². The number of carbonyl (C=O) groups is 4. The molecule has 0 aromatic heterocycles. The average molecular weight is 918 g/mol. The number of ketones is 4. The Bertz CT molecular complexity index is 2600. The minimum Gasteiger partial charge on any atom is -0.510 e. The molecule has 4 aromatic rings. The number of allylic oxidation sites excluding steroid dienone is 4. The molecule has 7 nitrogen and oxygen atoms in total. The molecule has 0 bridgehead atoms. The van der Waals surface area contributed by atoms with E-state index in [1.165, 1.54) is 0 Å². The summed E-state index contributed by atoms with van der Waals surface area (Å²) in [5, 5.41) is 32.9. The summed E-state index contributed by atoms with van der Waals surface area (Å²) in [5.74, 6) is -1.80. The number of nitrogens with zero attached hydrogens (tertiary/aromatic N) is 1. The number of halogens is 4. The van der Waals surface area contributed by atoms with Gasteiger partial charge in [-0.3, -0.25) is 19.2 Å². The van der Waals surface area contributed by atoms with Crippen molar-refractivity contribution in [2.45, 2.75) is 95.9 Å². The molecule has 326 valence electrons. The van der Waals surface area contributed by atoms with E-state index in [4.69, 9.17) is 46.4 Å². The number of hydrogen-bond acceptors (Lipinski definition) is 7. The van der Waals surface area contributed by atoms with Crippen molar-refractivity contribution in [3.63, 3.8) is 0 Å². The first-order valence-electron chi connectivity index (χ1n) is 20.5. The number of aryl methyl sites for hydroxylation is 2. The Kier molecular flexibility index (Phi) is 14.9. The maximum Gasteiger partial charge on any atom is 0.179 e. The molecule has 0 saturated carbocycles. The van der Waals surface area contributed by atoms with Gasteiger partial charge in [0.2, 0.25) is 0 Å². The van der Waals surface area contributed by atoms with E-state index in [9.17, 15) is 34.7 Å². The molecule has 2 aliphatic rings. The first-order valence-corrected chi connectivity index (χ1v) is 22.0. The predicted molar refractivity (Wildman–Crippen MR) is 253 cm³/mol. The quantitative estimate of drug-likeness (QED) is 0.184. The fraction of sp³-hybridized carbons (Fsp3) is 0.353. The zero-order valence-corrected chi connectivity index (χ0v) is 40.3. The fourth-order valence-electron chi connectivity index (χ4n) is 8.13. The Hall–Kier alpha value is -4.71. The number of carbonyl (C=O) groups excluding carboxylic acids is 4. The van der Waals surface area contributed by atoms with Crippen LogP contribution < -0.4 is 0 Å². The lowest BCUT2D eigenvalue weighted by molar-refractivity contribution is -0.144. The third kappa shape index (κ3) is 8.77. The van der Waals surface area contributed by atoms with Crippen LogP contribution in [0.1, 0.15) is 111 Å². The average Bonchev–Trinajstić information content (AvgIpc) is 3.23. The molecule has 0 amide bonds. The number of aliphatic hydroxyl groups is 2. The normalized spacial score (nSPS) is 17.5. The molecule has 2 aliphatic carbocycles. The third-order valence-corrected chi connectivity index (χ3v) is 12.9. The van der Waals surface area contributed by atoms with Crippen molar-refractivity contribution in [3.05, 3.63) is 126 Å². The maximum atomic E-state index is 13.3. The van der Waals surface area contributed by atoms with Crippen molar-refractivity contribution in [1.29, 1.82) is 5.26 Å². The third-order valence-electron chi connectivity index (χ3n) is 11.8. The van der Waals surface area contributed by atoms with E-state index < -0.39 is 27.4 Å². The predicted octanol–water partition coefficient (Wildman–Crippen LogP) is 14.3. The van der Waals surface area contributed by atoms with Gasteiger partial charge in [0, 0.05) is 10.6 Å². The van der Waals surface area contributed by atoms with E-state index in [1.807, 2.05) is 64.1 Å². The second kappa shape index (κ2) is 18.6. The highest BCUT2D eigenvalue weighted by molar-refractivity contribution is 6.42. The Balaban J connectivity index is 0.000000262. The molecule has 4 aromatic carbocycles. The van der Waals surface area contributed by atoms with E-state index in [0.29, 0.717) is 60.7 Å². The molecule has 0 spiro atoms. The summed E-state index contributed by atoms with van der Waals surface area (Å²) in [7, 11) is 0. The van der Waals surface area contributed by atoms with E-state index in [1.54, 1.807) is 85.7 Å². The summed E-state index contributed by atoms with van der Waals surface area (Å²) in [6, 6.07) is 21.7. The second-order valence-electron chi connectivity index (χ2n) is 17.3. The lowest BCUT2D eigenvalue weighted by Crippen LogP contribution is -2.48. The van der Waals surface area contributed by atoms with Crippen LogP contribution in [-0.4, -0.2) is 33.3 Å². The highest BCUT2D eigenvalue weighted by Crippen LogP contribution is 2.49. The van der Waals surface area contributed by atoms with Crippen molar-refractivity contribution in [1.82, 2.24) is 0 Å². The molecule has 0 atom stereocenters. The monoisotopic (exact) mass is 915 g/mol. The zero-order valence-electron chi connectivity index (χ0n) is 37.3. The minimum atomic E-state index is -1.25. The van der Waals surface area contributed by atoms with E-state index >= 15 is 0 Å². The minimum absolute atomic E-state index is 0.171. The molecule has 6 rings (SSSR count). The van der Waals surface area contributed by atoms with E-state index in [0.717, 1.165) is 22.3 Å². The molecule has 2 N–H and O–H groups in total. The zero-order chi connectivity index (χ0) is 47.0. The lowest BCUT2D eigenvalue weighted by Gasteiger charge is -2.38. The van der Waals surface area contributed by atoms with Gasteiger partial charge in [-0.2, -0.15) is 5.26 Å². The molecular formula is C51H53Cl4NO6. The van der Waals surface area contributed by atoms with Gasteiger partial charge in [0.05, 0.1) is 53.4 Å². The van der Waals surface area contributed by atoms with Crippen molar-refractivity contribution >= 4 is 80.7 Å². The van der Waals surface area contributed by atoms with Gasteiger partial charge in [0.15, 0.2) is 23.1 Å². The number of Topliss-reactive ketones (excluding diaryl/α,β-unsaturated/α-hetero) is 4. The summed E-state index contributed by atoms with van der Waals surface area (Å²) in [4.78, 5) is 52.4. The van der Waals surface area contributed by atoms with Gasteiger partial charge in [-0.15, -0.1) is 0 Å². The van der Waals surface area contributed by atoms with Crippen molar-refractivity contribution in [2.75, 3.05) is 0 Å². The highest BCUT2D eigenvalue weighted by atomic mass is 35.5. The summed E-state index contributed by atoms with van der Waals surface area (Å²) in [6.45, 7) is 20.9. The Morgan fingerprint density at radius 3 is 1.31 bits per heavy atom. The van der Waals surface area contributed by atoms with Crippen LogP contribution in [0.4, 0.5) is 0 Å². The lowest BCUT2D eigenvalue weighted by atomic mass is 9.62. The number of nitriles is 1.